The maximum absolute atomic E-state index is 12.5. The van der Waals surface area contributed by atoms with Crippen molar-refractivity contribution in [2.24, 2.45) is 5.92 Å². The summed E-state index contributed by atoms with van der Waals surface area (Å²) in [5.41, 5.74) is -0.867. The number of rotatable bonds is 9. The third-order valence-electron chi connectivity index (χ3n) is 3.43. The third kappa shape index (κ3) is 4.66. The van der Waals surface area contributed by atoms with E-state index in [2.05, 4.69) is 5.32 Å². The minimum Gasteiger partial charge on any atom is -0.465 e. The van der Waals surface area contributed by atoms with Gasteiger partial charge in [0.05, 0.1) is 13.2 Å². The van der Waals surface area contributed by atoms with Gasteiger partial charge in [-0.25, -0.2) is 13.6 Å². The summed E-state index contributed by atoms with van der Waals surface area (Å²) >= 11 is 0. The molecule has 1 N–H and O–H groups in total. The summed E-state index contributed by atoms with van der Waals surface area (Å²) in [5, 5.41) is 3.28. The first-order valence-electron chi connectivity index (χ1n) is 7.23. The average Bonchev–Trinajstić information content (AvgIpc) is 3.10. The summed E-state index contributed by atoms with van der Waals surface area (Å²) in [6.45, 7) is 5.86. The van der Waals surface area contributed by atoms with Crippen LogP contribution in [-0.4, -0.2) is 55.6 Å². The molecule has 1 atom stereocenters. The standard InChI is InChI=1S/C14H26F2N2O2/c1-5-20-13(19)14(11-6-7-11,17-10(2)3)9-18(4)8-12(15)16/h10-12,17H,5-9H2,1-4H3. The van der Waals surface area contributed by atoms with E-state index >= 15 is 0 Å². The van der Waals surface area contributed by atoms with Crippen LogP contribution in [0.5, 0.6) is 0 Å². The summed E-state index contributed by atoms with van der Waals surface area (Å²) in [6.07, 6.45) is -0.541. The Hall–Kier alpha value is -0.750. The van der Waals surface area contributed by atoms with Gasteiger partial charge < -0.3 is 4.74 Å². The van der Waals surface area contributed by atoms with Crippen LogP contribution < -0.4 is 5.32 Å². The van der Waals surface area contributed by atoms with Crippen LogP contribution in [0.15, 0.2) is 0 Å². The molecule has 118 valence electrons. The maximum Gasteiger partial charge on any atom is 0.327 e. The van der Waals surface area contributed by atoms with Gasteiger partial charge in [0, 0.05) is 12.6 Å². The quantitative estimate of drug-likeness (QED) is 0.659. The van der Waals surface area contributed by atoms with Crippen molar-refractivity contribution in [1.82, 2.24) is 10.2 Å². The van der Waals surface area contributed by atoms with Crippen molar-refractivity contribution in [3.8, 4) is 0 Å². The minimum atomic E-state index is -2.40. The zero-order chi connectivity index (χ0) is 15.3. The normalized spacial score (nSPS) is 18.6. The Morgan fingerprint density at radius 3 is 2.45 bits per heavy atom. The molecule has 0 heterocycles. The van der Waals surface area contributed by atoms with Gasteiger partial charge in [0.25, 0.3) is 6.43 Å². The van der Waals surface area contributed by atoms with Gasteiger partial charge in [0.1, 0.15) is 5.54 Å². The molecule has 0 aromatic rings. The molecule has 4 nitrogen and oxygen atoms in total. The number of esters is 1. The number of nitrogens with zero attached hydrogens (tertiary/aromatic N) is 1. The van der Waals surface area contributed by atoms with E-state index in [0.29, 0.717) is 6.61 Å². The van der Waals surface area contributed by atoms with Crippen molar-refractivity contribution in [3.05, 3.63) is 0 Å². The second kappa shape index (κ2) is 7.31. The molecule has 6 heteroatoms. The number of alkyl halides is 2. The third-order valence-corrected chi connectivity index (χ3v) is 3.43. The molecule has 0 aromatic carbocycles. The summed E-state index contributed by atoms with van der Waals surface area (Å²) < 4.78 is 30.2. The van der Waals surface area contributed by atoms with Gasteiger partial charge in [0.2, 0.25) is 0 Å². The smallest absolute Gasteiger partial charge is 0.327 e. The Morgan fingerprint density at radius 1 is 1.45 bits per heavy atom. The zero-order valence-corrected chi connectivity index (χ0v) is 12.8. The molecule has 0 saturated heterocycles. The minimum absolute atomic E-state index is 0.0833. The molecule has 1 rings (SSSR count). The fraction of sp³-hybridized carbons (Fsp3) is 0.929. The van der Waals surface area contributed by atoms with Crippen molar-refractivity contribution in [2.45, 2.75) is 51.6 Å². The molecule has 0 amide bonds. The average molecular weight is 292 g/mol. The highest BCUT2D eigenvalue weighted by Gasteiger charge is 2.52. The number of ether oxygens (including phenoxy) is 1. The number of halogens is 2. The summed E-state index contributed by atoms with van der Waals surface area (Å²) in [5.74, 6) is -0.151. The lowest BCUT2D eigenvalue weighted by molar-refractivity contribution is -0.154. The number of carbonyl (C=O) groups excluding carboxylic acids is 1. The number of hydrogen-bond acceptors (Lipinski definition) is 4. The Morgan fingerprint density at radius 2 is 2.05 bits per heavy atom. The molecule has 0 aliphatic heterocycles. The van der Waals surface area contributed by atoms with Crippen LogP contribution in [-0.2, 0) is 9.53 Å². The van der Waals surface area contributed by atoms with E-state index < -0.39 is 12.0 Å². The highest BCUT2D eigenvalue weighted by molar-refractivity contribution is 5.82. The zero-order valence-electron chi connectivity index (χ0n) is 12.8. The van der Waals surface area contributed by atoms with Crippen LogP contribution >= 0.6 is 0 Å². The highest BCUT2D eigenvalue weighted by Crippen LogP contribution is 2.41. The maximum atomic E-state index is 12.5. The van der Waals surface area contributed by atoms with Crippen LogP contribution in [0.2, 0.25) is 0 Å². The first-order valence-corrected chi connectivity index (χ1v) is 7.23. The second-order valence-electron chi connectivity index (χ2n) is 5.85. The largest absolute Gasteiger partial charge is 0.465 e. The van der Waals surface area contributed by atoms with Crippen molar-refractivity contribution in [2.75, 3.05) is 26.7 Å². The molecule has 1 aliphatic rings. The van der Waals surface area contributed by atoms with Crippen molar-refractivity contribution < 1.29 is 18.3 Å². The molecule has 20 heavy (non-hydrogen) atoms. The van der Waals surface area contributed by atoms with Gasteiger partial charge in [-0.3, -0.25) is 10.2 Å². The van der Waals surface area contributed by atoms with Gasteiger partial charge in [-0.15, -0.1) is 0 Å². The number of nitrogens with one attached hydrogen (secondary N) is 1. The van der Waals surface area contributed by atoms with Gasteiger partial charge >= 0.3 is 5.97 Å². The SMILES string of the molecule is CCOC(=O)C(CN(C)CC(F)F)(NC(C)C)C1CC1. The predicted molar refractivity (Wildman–Crippen MR) is 73.9 cm³/mol. The van der Waals surface area contributed by atoms with Crippen molar-refractivity contribution >= 4 is 5.97 Å². The van der Waals surface area contributed by atoms with Crippen LogP contribution in [0.25, 0.3) is 0 Å². The van der Waals surface area contributed by atoms with E-state index in [1.54, 1.807) is 14.0 Å². The molecular weight excluding hydrogens is 266 g/mol. The molecule has 1 unspecified atom stereocenters. The highest BCUT2D eigenvalue weighted by atomic mass is 19.3. The Bertz CT molecular complexity index is 322. The number of carbonyl (C=O) groups is 1. The van der Waals surface area contributed by atoms with Crippen LogP contribution in [0.4, 0.5) is 8.78 Å². The Kier molecular flexibility index (Phi) is 6.33. The topological polar surface area (TPSA) is 41.6 Å². The monoisotopic (exact) mass is 292 g/mol. The number of likely N-dealkylation sites (N-methyl/N-ethyl adjacent to an activating group) is 1. The molecule has 0 bridgehead atoms. The summed E-state index contributed by atoms with van der Waals surface area (Å²) in [7, 11) is 1.62. The van der Waals surface area contributed by atoms with Gasteiger partial charge in [-0.1, -0.05) is 0 Å². The molecule has 0 radical (unpaired) electrons. The first kappa shape index (κ1) is 17.3. The predicted octanol–water partition coefficient (Wildman–Crippen LogP) is 1.89. The van der Waals surface area contributed by atoms with Crippen molar-refractivity contribution in [1.29, 1.82) is 0 Å². The molecule has 1 saturated carbocycles. The van der Waals surface area contributed by atoms with Gasteiger partial charge in [-0.05, 0) is 46.6 Å². The van der Waals surface area contributed by atoms with E-state index in [9.17, 15) is 13.6 Å². The fourth-order valence-corrected chi connectivity index (χ4v) is 2.66. The lowest BCUT2D eigenvalue weighted by atomic mass is 9.91. The molecule has 0 spiro atoms. The number of hydrogen-bond donors (Lipinski definition) is 1. The second-order valence-corrected chi connectivity index (χ2v) is 5.85. The molecule has 1 aliphatic carbocycles. The molecular formula is C14H26F2N2O2. The molecule has 1 fully saturated rings. The molecule has 0 aromatic heterocycles. The van der Waals surface area contributed by atoms with Crippen LogP contribution in [0, 0.1) is 5.92 Å². The Labute approximate surface area is 119 Å². The van der Waals surface area contributed by atoms with E-state index in [4.69, 9.17) is 4.74 Å². The van der Waals surface area contributed by atoms with Gasteiger partial charge in [-0.2, -0.15) is 0 Å². The van der Waals surface area contributed by atoms with Crippen molar-refractivity contribution in [3.63, 3.8) is 0 Å². The van der Waals surface area contributed by atoms with E-state index in [0.717, 1.165) is 12.8 Å². The summed E-state index contributed by atoms with van der Waals surface area (Å²) in [4.78, 5) is 13.9. The first-order chi connectivity index (χ1) is 9.31. The van der Waals surface area contributed by atoms with Gasteiger partial charge in [0.15, 0.2) is 0 Å². The fourth-order valence-electron chi connectivity index (χ4n) is 2.66. The van der Waals surface area contributed by atoms with E-state index in [1.165, 1.54) is 4.90 Å². The lowest BCUT2D eigenvalue weighted by Crippen LogP contribution is -2.63. The van der Waals surface area contributed by atoms with E-state index in [-0.39, 0.29) is 31.0 Å². The summed E-state index contributed by atoms with van der Waals surface area (Å²) in [6, 6.07) is 0.0833. The van der Waals surface area contributed by atoms with Crippen LogP contribution in [0.1, 0.15) is 33.6 Å². The van der Waals surface area contributed by atoms with E-state index in [1.807, 2.05) is 13.8 Å². The Balaban J connectivity index is 2.88. The van der Waals surface area contributed by atoms with Crippen LogP contribution in [0.3, 0.4) is 0 Å². The lowest BCUT2D eigenvalue weighted by Gasteiger charge is -2.37.